The summed E-state index contributed by atoms with van der Waals surface area (Å²) in [5.74, 6) is -0.395. The Bertz CT molecular complexity index is 931. The van der Waals surface area contributed by atoms with Crippen molar-refractivity contribution in [1.29, 1.82) is 0 Å². The van der Waals surface area contributed by atoms with Crippen molar-refractivity contribution < 1.29 is 15.0 Å². The molecule has 0 bridgehead atoms. The van der Waals surface area contributed by atoms with E-state index in [1.807, 2.05) is 18.2 Å². The normalized spacial score (nSPS) is 10.3. The molecule has 164 valence electrons. The summed E-state index contributed by atoms with van der Waals surface area (Å²) in [7, 11) is 0. The lowest BCUT2D eigenvalue weighted by molar-refractivity contribution is -0.137. The molecule has 0 aliphatic heterocycles. The highest BCUT2D eigenvalue weighted by Gasteiger charge is 1.98. The van der Waals surface area contributed by atoms with Gasteiger partial charge in [0, 0.05) is 12.8 Å². The number of benzene rings is 3. The standard InChI is InChI=1S/C16H18O.C12H16O2/c1-13(17)6-2-3-7-14-10-11-15-8-4-5-9-16(15)12-14;13-12(14)10-6-2-5-9-11-7-3-1-4-8-11/h4-5,8-12,17H,1-3,6-7H2;1,3-4,7-8H,2,5-6,9-10H2,(H,13,14). The number of hydrogen-bond acceptors (Lipinski definition) is 2. The van der Waals surface area contributed by atoms with Crippen LogP contribution in [-0.2, 0) is 17.6 Å². The van der Waals surface area contributed by atoms with Crippen molar-refractivity contribution >= 4 is 16.7 Å². The summed E-state index contributed by atoms with van der Waals surface area (Å²) in [5.41, 5.74) is 2.70. The molecule has 0 fully saturated rings. The number of fused-ring (bicyclic) bond motifs is 1. The predicted molar refractivity (Wildman–Crippen MR) is 130 cm³/mol. The number of unbranched alkanes of at least 4 members (excludes halogenated alkanes) is 3. The number of carboxylic acid groups (broad SMARTS) is 1. The zero-order valence-corrected chi connectivity index (χ0v) is 18.3. The van der Waals surface area contributed by atoms with Gasteiger partial charge in [0.15, 0.2) is 0 Å². The van der Waals surface area contributed by atoms with E-state index in [1.54, 1.807) is 0 Å². The highest BCUT2D eigenvalue weighted by atomic mass is 16.4. The smallest absolute Gasteiger partial charge is 0.303 e. The summed E-state index contributed by atoms with van der Waals surface area (Å²) in [5, 5.41) is 20.0. The van der Waals surface area contributed by atoms with E-state index in [0.717, 1.165) is 44.9 Å². The maximum Gasteiger partial charge on any atom is 0.303 e. The van der Waals surface area contributed by atoms with Crippen LogP contribution < -0.4 is 0 Å². The Kier molecular flexibility index (Phi) is 10.9. The molecular formula is C28H34O3. The molecule has 3 aromatic carbocycles. The first-order valence-electron chi connectivity index (χ1n) is 11.1. The molecule has 3 aromatic rings. The van der Waals surface area contributed by atoms with E-state index >= 15 is 0 Å². The Morgan fingerprint density at radius 1 is 0.645 bits per heavy atom. The number of carboxylic acids is 1. The van der Waals surface area contributed by atoms with Crippen LogP contribution in [0.3, 0.4) is 0 Å². The van der Waals surface area contributed by atoms with Crippen molar-refractivity contribution in [3.63, 3.8) is 0 Å². The summed E-state index contributed by atoms with van der Waals surface area (Å²) in [6.07, 6.45) is 8.11. The van der Waals surface area contributed by atoms with E-state index in [9.17, 15) is 4.79 Å². The van der Waals surface area contributed by atoms with Gasteiger partial charge in [-0.25, -0.2) is 0 Å². The Balaban J connectivity index is 0.000000225. The molecule has 0 amide bonds. The number of allylic oxidation sites excluding steroid dienone is 1. The number of aliphatic hydroxyl groups excluding tert-OH is 1. The molecule has 3 rings (SSSR count). The minimum absolute atomic E-state index is 0.295. The third-order valence-corrected chi connectivity index (χ3v) is 5.19. The third kappa shape index (κ3) is 10.5. The molecule has 0 saturated carbocycles. The average Bonchev–Trinajstić information content (AvgIpc) is 2.77. The van der Waals surface area contributed by atoms with Gasteiger partial charge in [0.2, 0.25) is 0 Å². The Morgan fingerprint density at radius 3 is 1.97 bits per heavy atom. The second kappa shape index (κ2) is 14.0. The van der Waals surface area contributed by atoms with Crippen molar-refractivity contribution in [2.24, 2.45) is 0 Å². The van der Waals surface area contributed by atoms with Gasteiger partial charge in [-0.2, -0.15) is 0 Å². The van der Waals surface area contributed by atoms with Crippen molar-refractivity contribution in [3.8, 4) is 0 Å². The summed E-state index contributed by atoms with van der Waals surface area (Å²) >= 11 is 0. The molecule has 0 aliphatic rings. The van der Waals surface area contributed by atoms with Crippen LogP contribution in [0.5, 0.6) is 0 Å². The van der Waals surface area contributed by atoms with Crippen LogP contribution >= 0.6 is 0 Å². The van der Waals surface area contributed by atoms with Crippen molar-refractivity contribution in [1.82, 2.24) is 0 Å². The van der Waals surface area contributed by atoms with Gasteiger partial charge in [0.1, 0.15) is 0 Å². The summed E-state index contributed by atoms with van der Waals surface area (Å²) in [4.78, 5) is 10.2. The molecule has 0 saturated heterocycles. The molecule has 2 N–H and O–H groups in total. The Morgan fingerprint density at radius 2 is 1.26 bits per heavy atom. The molecule has 0 heterocycles. The molecule has 0 unspecified atom stereocenters. The number of aryl methyl sites for hydroxylation is 2. The average molecular weight is 419 g/mol. The van der Waals surface area contributed by atoms with Crippen LogP contribution in [-0.4, -0.2) is 16.2 Å². The van der Waals surface area contributed by atoms with E-state index in [0.29, 0.717) is 18.6 Å². The van der Waals surface area contributed by atoms with Gasteiger partial charge in [-0.15, -0.1) is 0 Å². The fourth-order valence-electron chi connectivity index (χ4n) is 3.48. The first kappa shape index (κ1) is 24.2. The SMILES string of the molecule is C=C(O)CCCCc1ccc2ccccc2c1.O=C(O)CCCCCc1ccccc1. The van der Waals surface area contributed by atoms with Gasteiger partial charge >= 0.3 is 5.97 Å². The predicted octanol–water partition coefficient (Wildman–Crippen LogP) is 7.50. The molecule has 0 radical (unpaired) electrons. The van der Waals surface area contributed by atoms with Crippen LogP contribution in [0.2, 0.25) is 0 Å². The number of rotatable bonds is 11. The maximum atomic E-state index is 10.2. The van der Waals surface area contributed by atoms with E-state index in [1.165, 1.54) is 21.9 Å². The molecule has 0 atom stereocenters. The van der Waals surface area contributed by atoms with Gasteiger partial charge in [0.25, 0.3) is 0 Å². The molecule has 3 nitrogen and oxygen atoms in total. The number of aliphatic carboxylic acids is 1. The lowest BCUT2D eigenvalue weighted by Crippen LogP contribution is -1.94. The largest absolute Gasteiger partial charge is 0.513 e. The summed E-state index contributed by atoms with van der Waals surface area (Å²) < 4.78 is 0. The molecule has 3 heteroatoms. The van der Waals surface area contributed by atoms with Crippen LogP contribution in [0, 0.1) is 0 Å². The second-order valence-corrected chi connectivity index (χ2v) is 7.89. The highest BCUT2D eigenvalue weighted by molar-refractivity contribution is 5.82. The van der Waals surface area contributed by atoms with Crippen molar-refractivity contribution in [2.75, 3.05) is 0 Å². The molecule has 0 spiro atoms. The van der Waals surface area contributed by atoms with E-state index < -0.39 is 5.97 Å². The van der Waals surface area contributed by atoms with E-state index in [4.69, 9.17) is 10.2 Å². The zero-order valence-electron chi connectivity index (χ0n) is 18.3. The fraction of sp³-hybridized carbons (Fsp3) is 0.321. The zero-order chi connectivity index (χ0) is 22.3. The molecule has 31 heavy (non-hydrogen) atoms. The molecular weight excluding hydrogens is 384 g/mol. The lowest BCUT2D eigenvalue weighted by atomic mass is 10.0. The van der Waals surface area contributed by atoms with E-state index in [-0.39, 0.29) is 0 Å². The molecule has 0 aromatic heterocycles. The van der Waals surface area contributed by atoms with Gasteiger partial charge in [-0.05, 0) is 60.4 Å². The minimum Gasteiger partial charge on any atom is -0.513 e. The number of carbonyl (C=O) groups is 1. The third-order valence-electron chi connectivity index (χ3n) is 5.19. The Hall–Kier alpha value is -3.07. The van der Waals surface area contributed by atoms with Gasteiger partial charge < -0.3 is 10.2 Å². The quantitative estimate of drug-likeness (QED) is 0.250. The number of hydrogen-bond donors (Lipinski definition) is 2. The highest BCUT2D eigenvalue weighted by Crippen LogP contribution is 2.17. The number of aliphatic hydroxyl groups is 1. The van der Waals surface area contributed by atoms with Crippen LogP contribution in [0.15, 0.2) is 85.1 Å². The van der Waals surface area contributed by atoms with Crippen LogP contribution in [0.4, 0.5) is 0 Å². The Labute approximate surface area is 186 Å². The second-order valence-electron chi connectivity index (χ2n) is 7.89. The van der Waals surface area contributed by atoms with Gasteiger partial charge in [-0.1, -0.05) is 85.8 Å². The minimum atomic E-state index is -0.690. The summed E-state index contributed by atoms with van der Waals surface area (Å²) in [6, 6.07) is 25.3. The maximum absolute atomic E-state index is 10.2. The van der Waals surface area contributed by atoms with Crippen molar-refractivity contribution in [3.05, 3.63) is 96.3 Å². The summed E-state index contributed by atoms with van der Waals surface area (Å²) in [6.45, 7) is 3.50. The monoisotopic (exact) mass is 418 g/mol. The first-order chi connectivity index (χ1) is 15.0. The van der Waals surface area contributed by atoms with Crippen molar-refractivity contribution in [2.45, 2.75) is 57.8 Å². The van der Waals surface area contributed by atoms with Gasteiger partial charge in [-0.3, -0.25) is 4.79 Å². The first-order valence-corrected chi connectivity index (χ1v) is 11.1. The van der Waals surface area contributed by atoms with Crippen LogP contribution in [0.25, 0.3) is 10.8 Å². The fourth-order valence-corrected chi connectivity index (χ4v) is 3.48. The topological polar surface area (TPSA) is 57.5 Å². The van der Waals surface area contributed by atoms with E-state index in [2.05, 4.69) is 61.2 Å². The lowest BCUT2D eigenvalue weighted by Gasteiger charge is -2.04. The van der Waals surface area contributed by atoms with Gasteiger partial charge in [0.05, 0.1) is 5.76 Å². The van der Waals surface area contributed by atoms with Crippen LogP contribution in [0.1, 0.15) is 56.1 Å². The molecule has 0 aliphatic carbocycles.